The number of benzene rings is 6. The van der Waals surface area contributed by atoms with E-state index in [1.165, 1.54) is 10.1 Å². The van der Waals surface area contributed by atoms with Gasteiger partial charge in [-0.3, -0.25) is 13.7 Å². The van der Waals surface area contributed by atoms with Crippen LogP contribution in [0.1, 0.15) is 33.2 Å². The first-order valence-electron chi connectivity index (χ1n) is 19.6. The van der Waals surface area contributed by atoms with E-state index < -0.39 is 18.1 Å². The maximum Gasteiger partial charge on any atom is 0.269 e. The summed E-state index contributed by atoms with van der Waals surface area (Å²) in [6.07, 6.45) is 5.13. The van der Waals surface area contributed by atoms with Crippen LogP contribution >= 0.6 is 0 Å². The fourth-order valence-electron chi connectivity index (χ4n) is 7.17. The highest BCUT2D eigenvalue weighted by Crippen LogP contribution is 2.42. The third kappa shape index (κ3) is 4.79. The molecule has 0 amide bonds. The molecule has 0 aliphatic carbocycles. The number of para-hydroxylation sites is 4. The third-order valence-corrected chi connectivity index (χ3v) is 9.67. The highest BCUT2D eigenvalue weighted by molar-refractivity contribution is 6.23. The highest BCUT2D eigenvalue weighted by Gasteiger charge is 2.22. The number of rotatable bonds is 5. The van der Waals surface area contributed by atoms with Crippen LogP contribution in [0.4, 0.5) is 0 Å². The summed E-state index contributed by atoms with van der Waals surface area (Å²) in [5.74, 6) is 1.98. The van der Waals surface area contributed by atoms with Crippen molar-refractivity contribution in [3.8, 4) is 28.7 Å². The molecule has 0 unspecified atom stereocenters. The average Bonchev–Trinajstić information content (AvgIpc) is 3.89. The molecule has 6 nitrogen and oxygen atoms in total. The van der Waals surface area contributed by atoms with Crippen molar-refractivity contribution in [1.29, 1.82) is 0 Å². The van der Waals surface area contributed by atoms with Crippen LogP contribution < -0.4 is 9.30 Å². The van der Waals surface area contributed by atoms with Crippen LogP contribution in [-0.2, 0) is 5.41 Å². The van der Waals surface area contributed by atoms with Crippen LogP contribution in [0.3, 0.4) is 0 Å². The molecule has 0 spiro atoms. The summed E-state index contributed by atoms with van der Waals surface area (Å²) >= 11 is 0. The van der Waals surface area contributed by atoms with Crippen molar-refractivity contribution in [3.05, 3.63) is 164 Å². The SMILES string of the molecule is [2H]c1c([2H])c([2H])c(-[n+]2[c-]n(-c3cccc(Oc4ccc5c6c7oc8ccccc8c7ccc6n(-c6cc(C(C)(C)C)ccn6)c5c4)c3)c3ccccc32)c([2H])c1[2H]. The fourth-order valence-corrected chi connectivity index (χ4v) is 7.17. The van der Waals surface area contributed by atoms with Crippen molar-refractivity contribution in [2.75, 3.05) is 0 Å². The zero-order valence-corrected chi connectivity index (χ0v) is 28.7. The Morgan fingerprint density at radius 2 is 1.54 bits per heavy atom. The molecule has 0 bridgehead atoms. The van der Waals surface area contributed by atoms with E-state index >= 15 is 0 Å². The van der Waals surface area contributed by atoms with Crippen molar-refractivity contribution in [2.45, 2.75) is 26.2 Å². The molecule has 4 heterocycles. The molecule has 4 aromatic heterocycles. The predicted octanol–water partition coefficient (Wildman–Crippen LogP) is 11.2. The van der Waals surface area contributed by atoms with Crippen molar-refractivity contribution in [1.82, 2.24) is 14.1 Å². The van der Waals surface area contributed by atoms with E-state index in [0.29, 0.717) is 22.7 Å². The minimum Gasteiger partial charge on any atom is -0.458 e. The number of pyridine rings is 1. The zero-order chi connectivity index (χ0) is 39.3. The Kier molecular flexibility index (Phi) is 5.57. The van der Waals surface area contributed by atoms with E-state index in [2.05, 4.69) is 68.1 Å². The fraction of sp³-hybridized carbons (Fsp3) is 0.0870. The first kappa shape index (κ1) is 25.3. The second kappa shape index (κ2) is 11.4. The number of aromatic nitrogens is 4. The lowest BCUT2D eigenvalue weighted by Crippen LogP contribution is -2.29. The lowest BCUT2D eigenvalue weighted by Gasteiger charge is -2.20. The molecule has 52 heavy (non-hydrogen) atoms. The normalized spacial score (nSPS) is 13.5. The van der Waals surface area contributed by atoms with E-state index in [9.17, 15) is 0 Å². The topological polar surface area (TPSA) is 49.0 Å². The first-order valence-corrected chi connectivity index (χ1v) is 17.1. The molecule has 0 saturated carbocycles. The molecule has 0 radical (unpaired) electrons. The van der Waals surface area contributed by atoms with Crippen molar-refractivity contribution >= 4 is 54.8 Å². The van der Waals surface area contributed by atoms with Gasteiger partial charge in [-0.25, -0.2) is 4.98 Å². The summed E-state index contributed by atoms with van der Waals surface area (Å²) in [7, 11) is 0. The van der Waals surface area contributed by atoms with E-state index in [1.807, 2.05) is 85.1 Å². The number of hydrogen-bond acceptors (Lipinski definition) is 3. The summed E-state index contributed by atoms with van der Waals surface area (Å²) in [5.41, 5.74) is 6.71. The zero-order valence-electron chi connectivity index (χ0n) is 33.7. The molecule has 6 heteroatoms. The molecule has 0 atom stereocenters. The molecular formula is C46H34N4O2. The average molecular weight is 680 g/mol. The second-order valence-corrected chi connectivity index (χ2v) is 13.9. The number of imidazole rings is 1. The predicted molar refractivity (Wildman–Crippen MR) is 208 cm³/mol. The van der Waals surface area contributed by atoms with Crippen LogP contribution in [0.25, 0.3) is 72.0 Å². The Hall–Kier alpha value is -6.66. The van der Waals surface area contributed by atoms with Crippen molar-refractivity contribution in [2.24, 2.45) is 0 Å². The van der Waals surface area contributed by atoms with Gasteiger partial charge in [0.2, 0.25) is 0 Å². The van der Waals surface area contributed by atoms with Crippen LogP contribution in [0.2, 0.25) is 0 Å². The Morgan fingerprint density at radius 3 is 2.42 bits per heavy atom. The summed E-state index contributed by atoms with van der Waals surface area (Å²) in [5, 5.41) is 4.12. The lowest BCUT2D eigenvalue weighted by molar-refractivity contribution is -0.572. The Labute approximate surface area is 307 Å². The molecule has 250 valence electrons. The van der Waals surface area contributed by atoms with E-state index in [-0.39, 0.29) is 23.2 Å². The second-order valence-electron chi connectivity index (χ2n) is 13.9. The summed E-state index contributed by atoms with van der Waals surface area (Å²) < 4.78 is 60.6. The molecule has 0 fully saturated rings. The largest absolute Gasteiger partial charge is 0.458 e. The maximum atomic E-state index is 8.63. The molecule has 10 aromatic rings. The Balaban J connectivity index is 1.12. The Morgan fingerprint density at radius 1 is 0.731 bits per heavy atom. The van der Waals surface area contributed by atoms with Gasteiger partial charge in [0.25, 0.3) is 6.33 Å². The van der Waals surface area contributed by atoms with Crippen molar-refractivity contribution < 1.29 is 20.6 Å². The number of hydrogen-bond donors (Lipinski definition) is 0. The highest BCUT2D eigenvalue weighted by atomic mass is 16.5. The van der Waals surface area contributed by atoms with Crippen LogP contribution in [0.15, 0.2) is 156 Å². The summed E-state index contributed by atoms with van der Waals surface area (Å²) in [4.78, 5) is 4.88. The monoisotopic (exact) mass is 679 g/mol. The molecular weight excluding hydrogens is 641 g/mol. The van der Waals surface area contributed by atoms with Crippen LogP contribution in [-0.4, -0.2) is 14.1 Å². The lowest BCUT2D eigenvalue weighted by atomic mass is 9.88. The van der Waals surface area contributed by atoms with Crippen LogP contribution in [0.5, 0.6) is 11.5 Å². The van der Waals surface area contributed by atoms with Gasteiger partial charge in [-0.2, -0.15) is 0 Å². The van der Waals surface area contributed by atoms with Crippen LogP contribution in [0, 0.1) is 6.33 Å². The van der Waals surface area contributed by atoms with Gasteiger partial charge < -0.3 is 9.15 Å². The van der Waals surface area contributed by atoms with Gasteiger partial charge in [-0.05, 0) is 83.7 Å². The number of ether oxygens (including phenoxy) is 1. The molecule has 0 saturated heterocycles. The maximum absolute atomic E-state index is 8.63. The van der Waals surface area contributed by atoms with Gasteiger partial charge in [0.05, 0.1) is 45.7 Å². The van der Waals surface area contributed by atoms with Gasteiger partial charge in [0.15, 0.2) is 0 Å². The third-order valence-electron chi connectivity index (χ3n) is 9.67. The van der Waals surface area contributed by atoms with Gasteiger partial charge >= 0.3 is 0 Å². The minimum atomic E-state index is -0.445. The molecule has 10 rings (SSSR count). The van der Waals surface area contributed by atoms with Gasteiger partial charge in [0.1, 0.15) is 28.5 Å². The molecule has 0 aliphatic heterocycles. The molecule has 6 aromatic carbocycles. The first-order chi connectivity index (χ1) is 27.5. The van der Waals surface area contributed by atoms with E-state index in [4.69, 9.17) is 21.0 Å². The number of nitrogens with zero attached hydrogens (tertiary/aromatic N) is 4. The number of fused-ring (bicyclic) bond motifs is 8. The molecule has 0 aliphatic rings. The minimum absolute atomic E-state index is 0.0227. The van der Waals surface area contributed by atoms with E-state index in [0.717, 1.165) is 55.1 Å². The van der Waals surface area contributed by atoms with Gasteiger partial charge in [-0.15, -0.1) is 0 Å². The van der Waals surface area contributed by atoms with E-state index in [1.54, 1.807) is 4.57 Å². The summed E-state index contributed by atoms with van der Waals surface area (Å²) in [6, 6.07) is 35.8. The standard InChI is InChI=1S/C46H34N4O2/c1-46(2,3)30-24-25-47-43(26-30)50-40-23-22-36-35-16-7-10-19-42(35)52-45(36)44(40)37-21-20-34(28-41(37)50)51-33-15-11-14-32(27-33)49-29-48(31-12-5-4-6-13-31)38-17-8-9-18-39(38)49/h4-28H,1-3H3/i4D,5D,6D,12D,13D. The number of furan rings is 1. The quantitative estimate of drug-likeness (QED) is 0.134. The van der Waals surface area contributed by atoms with Gasteiger partial charge in [-0.1, -0.05) is 87.4 Å². The van der Waals surface area contributed by atoms with Crippen molar-refractivity contribution in [3.63, 3.8) is 0 Å². The Bertz CT molecular complexity index is 3250. The summed E-state index contributed by atoms with van der Waals surface area (Å²) in [6.45, 7) is 6.58. The molecule has 0 N–H and O–H groups in total. The smallest absolute Gasteiger partial charge is 0.269 e. The van der Waals surface area contributed by atoms with Gasteiger partial charge in [0, 0.05) is 28.4 Å².